The van der Waals surface area contributed by atoms with E-state index >= 15 is 0 Å². The van der Waals surface area contributed by atoms with Gasteiger partial charge in [-0.3, -0.25) is 0 Å². The van der Waals surface area contributed by atoms with Crippen LogP contribution in [-0.4, -0.2) is 0 Å². The smallest absolute Gasteiger partial charge is 0.0645 e. The average molecular weight is 338 g/mol. The summed E-state index contributed by atoms with van der Waals surface area (Å²) in [7, 11) is 0. The Morgan fingerprint density at radius 3 is 1.32 bits per heavy atom. The molecule has 0 atom stereocenters. The third kappa shape index (κ3) is 3.61. The fourth-order valence-electron chi connectivity index (χ4n) is 1.97. The Hall–Kier alpha value is -3.32. The minimum absolute atomic E-state index is 0.263. The topological polar surface area (TPSA) is 12.0 Å². The SMILES string of the molecule is [2H]c1cc(-c2c([2H])c([2H])c(Nc3c([2H])c([2H])c(-c4cc([2H])c([2H])c([2H])c4[2H])c([2H])c3[2H])c([2H])c2[2H])c([2H])c([2H])c1[2H]. The molecule has 0 unspecified atom stereocenters. The van der Waals surface area contributed by atoms with E-state index in [-0.39, 0.29) is 11.1 Å². The second-order valence-electron chi connectivity index (χ2n) is 4.78. The summed E-state index contributed by atoms with van der Waals surface area (Å²) in [6.45, 7) is 0. The predicted molar refractivity (Wildman–Crippen MR) is 107 cm³/mol. The van der Waals surface area contributed by atoms with Crippen LogP contribution in [0.15, 0.2) is 109 Å². The molecule has 0 radical (unpaired) electrons. The van der Waals surface area contributed by atoms with Crippen LogP contribution in [-0.2, 0) is 0 Å². The highest BCUT2D eigenvalue weighted by atomic mass is 14.9. The Balaban J connectivity index is 1.92. The summed E-state index contributed by atoms with van der Waals surface area (Å²) >= 11 is 0. The normalized spacial score (nSPS) is 19.4. The molecular weight excluding hydrogens is 302 g/mol. The van der Waals surface area contributed by atoms with Crippen LogP contribution in [0.3, 0.4) is 0 Å². The van der Waals surface area contributed by atoms with Gasteiger partial charge < -0.3 is 5.32 Å². The number of nitrogens with one attached hydrogen (secondary N) is 1. The minimum Gasteiger partial charge on any atom is -0.356 e. The van der Waals surface area contributed by atoms with Crippen molar-refractivity contribution >= 4 is 11.4 Å². The molecule has 0 aromatic heterocycles. The van der Waals surface area contributed by atoms with Gasteiger partial charge in [0.15, 0.2) is 0 Å². The molecule has 25 heavy (non-hydrogen) atoms. The van der Waals surface area contributed by atoms with Crippen molar-refractivity contribution in [2.45, 2.75) is 0 Å². The van der Waals surface area contributed by atoms with Crippen molar-refractivity contribution in [1.82, 2.24) is 0 Å². The van der Waals surface area contributed by atoms with Crippen LogP contribution in [0.2, 0.25) is 0 Å². The third-order valence-electron chi connectivity index (χ3n) is 3.14. The first-order chi connectivity index (χ1) is 19.0. The summed E-state index contributed by atoms with van der Waals surface area (Å²) in [5, 5.41) is 2.46. The van der Waals surface area contributed by atoms with E-state index in [1.54, 1.807) is 0 Å². The van der Waals surface area contributed by atoms with E-state index in [4.69, 9.17) is 21.9 Å². The lowest BCUT2D eigenvalue weighted by Gasteiger charge is -2.09. The van der Waals surface area contributed by atoms with Crippen molar-refractivity contribution in [3.05, 3.63) is 109 Å². The van der Waals surface area contributed by atoms with Gasteiger partial charge in [-0.05, 0) is 46.4 Å². The van der Waals surface area contributed by atoms with Crippen molar-refractivity contribution < 1.29 is 21.9 Å². The summed E-state index contributed by atoms with van der Waals surface area (Å²) in [5.41, 5.74) is -2.35. The Morgan fingerprint density at radius 2 is 0.880 bits per heavy atom. The molecule has 1 N–H and O–H groups in total. The second kappa shape index (κ2) is 7.06. The molecule has 0 heterocycles. The Morgan fingerprint density at radius 1 is 0.440 bits per heavy atom. The lowest BCUT2D eigenvalue weighted by atomic mass is 10.0. The van der Waals surface area contributed by atoms with Gasteiger partial charge in [0, 0.05) is 11.4 Å². The van der Waals surface area contributed by atoms with Gasteiger partial charge in [-0.15, -0.1) is 0 Å². The van der Waals surface area contributed by atoms with Crippen LogP contribution in [0.5, 0.6) is 0 Å². The first kappa shape index (κ1) is 5.60. The van der Waals surface area contributed by atoms with Crippen molar-refractivity contribution in [3.63, 3.8) is 0 Å². The fourth-order valence-corrected chi connectivity index (χ4v) is 1.97. The predicted octanol–water partition coefficient (Wildman–Crippen LogP) is 6.76. The number of anilines is 2. The van der Waals surface area contributed by atoms with Crippen molar-refractivity contribution in [3.8, 4) is 22.3 Å². The molecule has 4 aromatic carbocycles. The summed E-state index contributed by atoms with van der Waals surface area (Å²) < 4.78 is 131. The maximum absolute atomic E-state index is 8.47. The van der Waals surface area contributed by atoms with E-state index in [0.717, 1.165) is 12.1 Å². The van der Waals surface area contributed by atoms with E-state index in [1.807, 2.05) is 0 Å². The van der Waals surface area contributed by atoms with Crippen molar-refractivity contribution in [2.75, 3.05) is 5.32 Å². The number of hydrogen-bond donors (Lipinski definition) is 1. The highest BCUT2D eigenvalue weighted by molar-refractivity contribution is 5.70. The highest BCUT2D eigenvalue weighted by Crippen LogP contribution is 2.25. The number of benzene rings is 4. The van der Waals surface area contributed by atoms with E-state index in [2.05, 4.69) is 5.32 Å². The lowest BCUT2D eigenvalue weighted by Crippen LogP contribution is -1.90. The number of hydrogen-bond acceptors (Lipinski definition) is 1. The molecule has 120 valence electrons. The molecule has 0 amide bonds. The summed E-state index contributed by atoms with van der Waals surface area (Å²) in [4.78, 5) is 0. The zero-order chi connectivity index (χ0) is 30.8. The molecule has 0 saturated carbocycles. The highest BCUT2D eigenvalue weighted by Gasteiger charge is 2.00. The van der Waals surface area contributed by atoms with Gasteiger partial charge in [0.05, 0.1) is 21.9 Å². The molecule has 1 heteroatoms. The van der Waals surface area contributed by atoms with E-state index < -0.39 is 119 Å². The monoisotopic (exact) mass is 337 g/mol. The molecule has 1 nitrogen and oxygen atoms in total. The van der Waals surface area contributed by atoms with E-state index in [9.17, 15) is 0 Å². The summed E-state index contributed by atoms with van der Waals surface area (Å²) in [6, 6.07) is -7.88. The molecule has 0 saturated heterocycles. The van der Waals surface area contributed by atoms with Gasteiger partial charge in [0.25, 0.3) is 0 Å². The Bertz CT molecular complexity index is 1590. The summed E-state index contributed by atoms with van der Waals surface area (Å²) in [6.07, 6.45) is 0. The molecular formula is C24H19N. The maximum Gasteiger partial charge on any atom is 0.0645 e. The largest absolute Gasteiger partial charge is 0.356 e. The molecule has 0 aliphatic rings. The fraction of sp³-hybridized carbons (Fsp3) is 0. The van der Waals surface area contributed by atoms with E-state index in [0.29, 0.717) is 0 Å². The average Bonchev–Trinajstić information content (AvgIpc) is 2.93. The van der Waals surface area contributed by atoms with Crippen LogP contribution in [0.1, 0.15) is 21.9 Å². The van der Waals surface area contributed by atoms with Crippen molar-refractivity contribution in [2.24, 2.45) is 0 Å². The van der Waals surface area contributed by atoms with Gasteiger partial charge in [0.2, 0.25) is 0 Å². The Kier molecular flexibility index (Phi) is 1.58. The second-order valence-corrected chi connectivity index (χ2v) is 4.78. The van der Waals surface area contributed by atoms with Crippen LogP contribution >= 0.6 is 0 Å². The Labute approximate surface area is 171 Å². The van der Waals surface area contributed by atoms with Gasteiger partial charge in [0.1, 0.15) is 0 Å². The molecule has 0 bridgehead atoms. The molecule has 0 spiro atoms. The standard InChI is InChI=1S/C24H19N/c1-3-7-19(8-4-1)21-11-15-23(16-12-21)25-24-17-13-22(14-18-24)20-9-5-2-6-10-20/h1-18,25H/i1D,2D,3D,4D,5D,6D,7D,9D,11D,12D,13D,14D,15D,16D,17D,18D. The van der Waals surface area contributed by atoms with Gasteiger partial charge >= 0.3 is 0 Å². The van der Waals surface area contributed by atoms with Gasteiger partial charge in [-0.1, -0.05) is 84.6 Å². The van der Waals surface area contributed by atoms with E-state index in [1.165, 1.54) is 0 Å². The lowest BCUT2D eigenvalue weighted by molar-refractivity contribution is 1.53. The molecule has 0 aliphatic heterocycles. The minimum atomic E-state index is -0.702. The van der Waals surface area contributed by atoms with Crippen LogP contribution in [0.25, 0.3) is 22.3 Å². The maximum atomic E-state index is 8.47. The summed E-state index contributed by atoms with van der Waals surface area (Å²) in [5.74, 6) is 0. The molecule has 0 aliphatic carbocycles. The van der Waals surface area contributed by atoms with Crippen LogP contribution in [0, 0.1) is 0 Å². The third-order valence-corrected chi connectivity index (χ3v) is 3.14. The zero-order valence-electron chi connectivity index (χ0n) is 28.7. The van der Waals surface area contributed by atoms with Gasteiger partial charge in [-0.2, -0.15) is 0 Å². The molecule has 4 aromatic rings. The van der Waals surface area contributed by atoms with Crippen molar-refractivity contribution in [1.29, 1.82) is 0 Å². The van der Waals surface area contributed by atoms with Crippen LogP contribution < -0.4 is 5.32 Å². The molecule has 0 fully saturated rings. The quantitative estimate of drug-likeness (QED) is 0.433. The van der Waals surface area contributed by atoms with Crippen LogP contribution in [0.4, 0.5) is 11.4 Å². The molecule has 4 rings (SSSR count). The zero-order valence-corrected chi connectivity index (χ0v) is 12.7. The number of rotatable bonds is 4. The van der Waals surface area contributed by atoms with Gasteiger partial charge in [-0.25, -0.2) is 0 Å². The first-order valence-electron chi connectivity index (χ1n) is 15.2. The first-order valence-corrected chi connectivity index (χ1v) is 7.15.